The summed E-state index contributed by atoms with van der Waals surface area (Å²) in [4.78, 5) is 5.26. The third-order valence-corrected chi connectivity index (χ3v) is 11.1. The highest BCUT2D eigenvalue weighted by Gasteiger charge is 2.27. The number of nitrogens with one attached hydrogen (secondary N) is 2. The van der Waals surface area contributed by atoms with Gasteiger partial charge in [0.05, 0.1) is 16.7 Å². The predicted octanol–water partition coefficient (Wildman–Crippen LogP) is 12.4. The van der Waals surface area contributed by atoms with Gasteiger partial charge in [-0.2, -0.15) is 0 Å². The van der Waals surface area contributed by atoms with Crippen molar-refractivity contribution < 1.29 is 4.42 Å². The number of hydrogen-bond donors (Lipinski definition) is 2. The summed E-state index contributed by atoms with van der Waals surface area (Å²) in [5.74, 6) is 0.849. The molecule has 0 bridgehead atoms. The molecule has 0 saturated carbocycles. The second kappa shape index (κ2) is 13.3. The van der Waals surface area contributed by atoms with Crippen molar-refractivity contribution in [1.82, 2.24) is 15.2 Å². The van der Waals surface area contributed by atoms with Gasteiger partial charge < -0.3 is 14.3 Å². The number of amidine groups is 1. The maximum absolute atomic E-state index is 6.94. The van der Waals surface area contributed by atoms with Crippen LogP contribution in [0.4, 0.5) is 0 Å². The van der Waals surface area contributed by atoms with Crippen LogP contribution in [0.1, 0.15) is 29.0 Å². The Kier molecular flexibility index (Phi) is 7.64. The van der Waals surface area contributed by atoms with Gasteiger partial charge in [0.15, 0.2) is 5.58 Å². The standard InChI is InChI=1S/C51H36N4O/c1-4-15-33(16-5-1)36-21-12-22-37(31-36)50-52-49(35-19-8-3-9-20-35)53-51(54-50)38-29-30-41-40-23-10-11-27-44(40)55(46(41)32-38)45-28-14-26-43-42-25-13-24-39(47(42)56-48(43)45)34-17-6-2-7-18-34/h1-32,49,51,53H,(H,52,54). The van der Waals surface area contributed by atoms with Crippen LogP contribution in [0.25, 0.3) is 71.7 Å². The molecule has 2 atom stereocenters. The summed E-state index contributed by atoms with van der Waals surface area (Å²) in [7, 11) is 0. The van der Waals surface area contributed by atoms with E-state index in [9.17, 15) is 0 Å². The molecule has 3 heterocycles. The monoisotopic (exact) mass is 720 g/mol. The lowest BCUT2D eigenvalue weighted by Crippen LogP contribution is -2.45. The van der Waals surface area contributed by atoms with Crippen molar-refractivity contribution >= 4 is 49.6 Å². The van der Waals surface area contributed by atoms with Gasteiger partial charge in [-0.3, -0.25) is 5.32 Å². The van der Waals surface area contributed by atoms with E-state index in [0.717, 1.165) is 77.9 Å². The number of aliphatic imine (C=N–C) groups is 1. The van der Waals surface area contributed by atoms with E-state index in [-0.39, 0.29) is 12.3 Å². The summed E-state index contributed by atoms with van der Waals surface area (Å²) >= 11 is 0. The minimum Gasteiger partial charge on any atom is -0.453 e. The molecule has 5 nitrogen and oxygen atoms in total. The van der Waals surface area contributed by atoms with E-state index in [4.69, 9.17) is 9.41 Å². The van der Waals surface area contributed by atoms with E-state index < -0.39 is 0 Å². The number of hydrogen-bond acceptors (Lipinski definition) is 4. The van der Waals surface area contributed by atoms with Crippen LogP contribution in [0, 0.1) is 0 Å². The molecule has 266 valence electrons. The summed E-state index contributed by atoms with van der Waals surface area (Å²) in [6, 6.07) is 68.5. The summed E-state index contributed by atoms with van der Waals surface area (Å²) in [6.07, 6.45) is -0.470. The molecule has 0 aliphatic carbocycles. The first-order valence-corrected chi connectivity index (χ1v) is 19.1. The highest BCUT2D eigenvalue weighted by atomic mass is 16.3. The van der Waals surface area contributed by atoms with Gasteiger partial charge in [0.2, 0.25) is 0 Å². The zero-order chi connectivity index (χ0) is 37.0. The fraction of sp³-hybridized carbons (Fsp3) is 0.0392. The van der Waals surface area contributed by atoms with Crippen LogP contribution in [0.15, 0.2) is 204 Å². The summed E-state index contributed by atoms with van der Waals surface area (Å²) in [5, 5.41) is 12.2. The van der Waals surface area contributed by atoms with Crippen LogP contribution < -0.4 is 10.6 Å². The van der Waals surface area contributed by atoms with Crippen LogP contribution in [0.3, 0.4) is 0 Å². The Morgan fingerprint density at radius 2 is 1.07 bits per heavy atom. The van der Waals surface area contributed by atoms with Gasteiger partial charge in [-0.25, -0.2) is 4.99 Å². The Balaban J connectivity index is 1.07. The largest absolute Gasteiger partial charge is 0.453 e. The fourth-order valence-corrected chi connectivity index (χ4v) is 8.41. The van der Waals surface area contributed by atoms with Crippen LogP contribution in [-0.2, 0) is 0 Å². The first kappa shape index (κ1) is 32.2. The zero-order valence-electron chi connectivity index (χ0n) is 30.4. The van der Waals surface area contributed by atoms with Crippen LogP contribution in [0.5, 0.6) is 0 Å². The normalized spacial score (nSPS) is 15.7. The smallest absolute Gasteiger partial charge is 0.159 e. The minimum atomic E-state index is -0.248. The minimum absolute atomic E-state index is 0.223. The third kappa shape index (κ3) is 5.40. The maximum Gasteiger partial charge on any atom is 0.159 e. The Morgan fingerprint density at radius 1 is 0.446 bits per heavy atom. The SMILES string of the molecule is c1ccc(-c2cccc(C3=NC(c4ccccc4)NC(c4ccc5c6ccccc6n(-c6cccc7c6oc6c(-c8ccccc8)cccc67)c5c4)N3)c2)cc1. The molecule has 56 heavy (non-hydrogen) atoms. The fourth-order valence-electron chi connectivity index (χ4n) is 8.41. The molecule has 0 radical (unpaired) electrons. The summed E-state index contributed by atoms with van der Waals surface area (Å²) in [6.45, 7) is 0. The second-order valence-electron chi connectivity index (χ2n) is 14.4. The maximum atomic E-state index is 6.94. The highest BCUT2D eigenvalue weighted by molar-refractivity contribution is 6.14. The summed E-state index contributed by atoms with van der Waals surface area (Å²) in [5.41, 5.74) is 12.8. The van der Waals surface area contributed by atoms with E-state index in [1.54, 1.807) is 0 Å². The van der Waals surface area contributed by atoms with Crippen molar-refractivity contribution in [2.45, 2.75) is 12.3 Å². The topological polar surface area (TPSA) is 54.5 Å². The lowest BCUT2D eigenvalue weighted by Gasteiger charge is -2.32. The molecule has 2 N–H and O–H groups in total. The second-order valence-corrected chi connectivity index (χ2v) is 14.4. The van der Waals surface area contributed by atoms with Crippen molar-refractivity contribution in [2.75, 3.05) is 0 Å². The van der Waals surface area contributed by atoms with E-state index in [1.165, 1.54) is 16.3 Å². The number of rotatable bonds is 6. The lowest BCUT2D eigenvalue weighted by atomic mass is 10.0. The van der Waals surface area contributed by atoms with Crippen molar-refractivity contribution in [3.63, 3.8) is 0 Å². The molecule has 5 heteroatoms. The van der Waals surface area contributed by atoms with Gasteiger partial charge in [0.1, 0.15) is 23.8 Å². The van der Waals surface area contributed by atoms with Crippen molar-refractivity contribution in [1.29, 1.82) is 0 Å². The first-order chi connectivity index (χ1) is 27.8. The lowest BCUT2D eigenvalue weighted by molar-refractivity contribution is 0.409. The van der Waals surface area contributed by atoms with Crippen molar-refractivity contribution in [2.24, 2.45) is 4.99 Å². The van der Waals surface area contributed by atoms with Crippen LogP contribution >= 0.6 is 0 Å². The molecule has 8 aromatic carbocycles. The Labute approximate surface area is 324 Å². The van der Waals surface area contributed by atoms with E-state index in [2.05, 4.69) is 197 Å². The molecule has 0 amide bonds. The van der Waals surface area contributed by atoms with Gasteiger partial charge in [0.25, 0.3) is 0 Å². The number of nitrogens with zero attached hydrogens (tertiary/aromatic N) is 2. The molecule has 0 spiro atoms. The molecule has 0 fully saturated rings. The van der Waals surface area contributed by atoms with Gasteiger partial charge in [0, 0.05) is 32.7 Å². The van der Waals surface area contributed by atoms with Gasteiger partial charge >= 0.3 is 0 Å². The van der Waals surface area contributed by atoms with Gasteiger partial charge in [-0.1, -0.05) is 170 Å². The average Bonchev–Trinajstić information content (AvgIpc) is 3.83. The molecular weight excluding hydrogens is 685 g/mol. The van der Waals surface area contributed by atoms with Crippen LogP contribution in [-0.4, -0.2) is 10.4 Å². The Hall–Kier alpha value is -7.21. The van der Waals surface area contributed by atoms with Crippen LogP contribution in [0.2, 0.25) is 0 Å². The molecule has 1 aliphatic rings. The third-order valence-electron chi connectivity index (χ3n) is 11.1. The quantitative estimate of drug-likeness (QED) is 0.180. The number of aromatic nitrogens is 1. The number of furan rings is 1. The molecule has 1 aliphatic heterocycles. The molecule has 2 aromatic heterocycles. The molecule has 0 saturated heterocycles. The predicted molar refractivity (Wildman–Crippen MR) is 230 cm³/mol. The average molecular weight is 721 g/mol. The van der Waals surface area contributed by atoms with Crippen molar-refractivity contribution in [3.05, 3.63) is 211 Å². The molecule has 11 rings (SSSR count). The Morgan fingerprint density at radius 3 is 1.89 bits per heavy atom. The van der Waals surface area contributed by atoms with E-state index in [1.807, 2.05) is 12.1 Å². The zero-order valence-corrected chi connectivity index (χ0v) is 30.4. The molecule has 2 unspecified atom stereocenters. The number of para-hydroxylation sites is 3. The number of fused-ring (bicyclic) bond motifs is 6. The first-order valence-electron chi connectivity index (χ1n) is 19.1. The van der Waals surface area contributed by atoms with Gasteiger partial charge in [-0.05, 0) is 52.1 Å². The Bertz CT molecular complexity index is 3090. The van der Waals surface area contributed by atoms with E-state index >= 15 is 0 Å². The van der Waals surface area contributed by atoms with E-state index in [0.29, 0.717) is 0 Å². The van der Waals surface area contributed by atoms with Crippen molar-refractivity contribution in [3.8, 4) is 27.9 Å². The molecular formula is C51H36N4O. The van der Waals surface area contributed by atoms with Gasteiger partial charge in [-0.15, -0.1) is 0 Å². The summed E-state index contributed by atoms with van der Waals surface area (Å²) < 4.78 is 9.32. The molecule has 10 aromatic rings. The highest BCUT2D eigenvalue weighted by Crippen LogP contribution is 2.41. The number of benzene rings is 8.